The molecular formula is C19H24IN3O. The average Bonchev–Trinajstić information content (AvgIpc) is 2.52. The van der Waals surface area contributed by atoms with E-state index in [1.54, 1.807) is 0 Å². The molecule has 0 amide bonds. The molecule has 0 saturated heterocycles. The van der Waals surface area contributed by atoms with E-state index in [0.29, 0.717) is 18.4 Å². The third-order valence-corrected chi connectivity index (χ3v) is 4.06. The topological polar surface area (TPSA) is 59.6 Å². The number of hydrogen-bond donors (Lipinski definition) is 2. The number of halogens is 1. The zero-order valence-corrected chi connectivity index (χ0v) is 16.4. The van der Waals surface area contributed by atoms with E-state index in [-0.39, 0.29) is 24.0 Å². The summed E-state index contributed by atoms with van der Waals surface area (Å²) in [6.07, 6.45) is 0.970. The maximum atomic E-state index is 6.05. The number of nitrogens with one attached hydrogen (secondary N) is 1. The van der Waals surface area contributed by atoms with Gasteiger partial charge in [-0.05, 0) is 55.2 Å². The molecule has 128 valence electrons. The first-order valence-corrected chi connectivity index (χ1v) is 7.99. The number of para-hydroxylation sites is 1. The highest BCUT2D eigenvalue weighted by atomic mass is 127. The highest BCUT2D eigenvalue weighted by Gasteiger charge is 2.20. The number of rotatable bonds is 3. The van der Waals surface area contributed by atoms with Gasteiger partial charge in [0.15, 0.2) is 5.96 Å². The lowest BCUT2D eigenvalue weighted by atomic mass is 9.93. The molecule has 2 aromatic carbocycles. The molecule has 0 bridgehead atoms. The predicted octanol–water partition coefficient (Wildman–Crippen LogP) is 4.21. The minimum atomic E-state index is 0. The number of nitrogens with zero attached hydrogens (tertiary/aromatic N) is 1. The fourth-order valence-electron chi connectivity index (χ4n) is 3.05. The summed E-state index contributed by atoms with van der Waals surface area (Å²) in [7, 11) is 0. The minimum absolute atomic E-state index is 0. The lowest BCUT2D eigenvalue weighted by molar-refractivity contribution is 0.269. The molecule has 0 spiro atoms. The molecule has 3 N–H and O–H groups in total. The largest absolute Gasteiger partial charge is 0.493 e. The van der Waals surface area contributed by atoms with Crippen molar-refractivity contribution in [2.24, 2.45) is 10.7 Å². The number of benzene rings is 2. The highest BCUT2D eigenvalue weighted by molar-refractivity contribution is 14.0. The Morgan fingerprint density at radius 1 is 1.21 bits per heavy atom. The number of fused-ring (bicyclic) bond motifs is 1. The Balaban J connectivity index is 0.00000208. The Labute approximate surface area is 160 Å². The van der Waals surface area contributed by atoms with E-state index in [1.807, 2.05) is 18.2 Å². The second kappa shape index (κ2) is 8.37. The average molecular weight is 437 g/mol. The van der Waals surface area contributed by atoms with Gasteiger partial charge in [-0.3, -0.25) is 4.99 Å². The van der Waals surface area contributed by atoms with Crippen molar-refractivity contribution in [1.29, 1.82) is 0 Å². The maximum Gasteiger partial charge on any atom is 0.193 e. The van der Waals surface area contributed by atoms with Crippen LogP contribution in [0.25, 0.3) is 0 Å². The molecule has 1 aliphatic rings. The van der Waals surface area contributed by atoms with Gasteiger partial charge in [-0.1, -0.05) is 24.3 Å². The maximum absolute atomic E-state index is 6.05. The fourth-order valence-corrected chi connectivity index (χ4v) is 3.05. The number of nitrogens with two attached hydrogens (primary N) is 1. The first-order chi connectivity index (χ1) is 11.1. The van der Waals surface area contributed by atoms with E-state index in [9.17, 15) is 0 Å². The Bertz CT molecular complexity index is 710. The molecule has 5 heteroatoms. The van der Waals surface area contributed by atoms with E-state index >= 15 is 0 Å². The second-order valence-corrected chi connectivity index (χ2v) is 6.10. The zero-order chi connectivity index (χ0) is 16.2. The molecule has 2 aromatic rings. The minimum Gasteiger partial charge on any atom is -0.493 e. The Morgan fingerprint density at radius 2 is 1.92 bits per heavy atom. The van der Waals surface area contributed by atoms with Crippen molar-refractivity contribution < 1.29 is 4.74 Å². The summed E-state index contributed by atoms with van der Waals surface area (Å²) in [5, 5.41) is 3.18. The first kappa shape index (κ1) is 18.6. The first-order valence-electron chi connectivity index (χ1n) is 7.99. The molecule has 24 heavy (non-hydrogen) atoms. The Hall–Kier alpha value is -1.76. The lowest BCUT2D eigenvalue weighted by Gasteiger charge is -2.24. The molecule has 3 rings (SSSR count). The quantitative estimate of drug-likeness (QED) is 0.430. The van der Waals surface area contributed by atoms with Gasteiger partial charge in [-0.25, -0.2) is 0 Å². The monoisotopic (exact) mass is 437 g/mol. The van der Waals surface area contributed by atoms with Crippen LogP contribution in [0.2, 0.25) is 0 Å². The van der Waals surface area contributed by atoms with Gasteiger partial charge in [0, 0.05) is 18.2 Å². The van der Waals surface area contributed by atoms with Crippen LogP contribution in [-0.4, -0.2) is 19.1 Å². The van der Waals surface area contributed by atoms with Crippen molar-refractivity contribution in [3.05, 3.63) is 59.2 Å². The third kappa shape index (κ3) is 4.63. The molecule has 0 aromatic heterocycles. The summed E-state index contributed by atoms with van der Waals surface area (Å²) >= 11 is 0. The number of aliphatic imine (C=N–C) groups is 1. The zero-order valence-electron chi connectivity index (χ0n) is 14.1. The molecule has 4 nitrogen and oxygen atoms in total. The van der Waals surface area contributed by atoms with E-state index in [0.717, 1.165) is 24.5 Å². The van der Waals surface area contributed by atoms with Crippen LogP contribution in [0, 0.1) is 13.8 Å². The third-order valence-electron chi connectivity index (χ3n) is 4.06. The van der Waals surface area contributed by atoms with Gasteiger partial charge in [-0.2, -0.15) is 0 Å². The molecular weight excluding hydrogens is 413 g/mol. The van der Waals surface area contributed by atoms with Crippen LogP contribution >= 0.6 is 24.0 Å². The van der Waals surface area contributed by atoms with Crippen molar-refractivity contribution >= 4 is 35.6 Å². The van der Waals surface area contributed by atoms with E-state index in [1.165, 1.54) is 16.7 Å². The number of guanidine groups is 1. The molecule has 1 aliphatic heterocycles. The summed E-state index contributed by atoms with van der Waals surface area (Å²) in [5.41, 5.74) is 10.7. The highest BCUT2D eigenvalue weighted by Crippen LogP contribution is 2.33. The van der Waals surface area contributed by atoms with Crippen LogP contribution in [0.15, 0.2) is 47.5 Å². The van der Waals surface area contributed by atoms with Gasteiger partial charge in [-0.15, -0.1) is 24.0 Å². The summed E-state index contributed by atoms with van der Waals surface area (Å²) in [4.78, 5) is 4.53. The standard InChI is InChI=1S/C19H23N3O.HI/c1-13-9-14(2)11-16(10-13)22-19(20)21-12-15-7-8-23-18-6-4-3-5-17(15)18;/h3-6,9-11,15H,7-8,12H2,1-2H3,(H3,20,21,22);1H. The lowest BCUT2D eigenvalue weighted by Crippen LogP contribution is -2.24. The van der Waals surface area contributed by atoms with Crippen molar-refractivity contribution in [2.45, 2.75) is 26.2 Å². The van der Waals surface area contributed by atoms with Crippen molar-refractivity contribution in [2.75, 3.05) is 18.5 Å². The molecule has 0 fully saturated rings. The molecule has 1 atom stereocenters. The summed E-state index contributed by atoms with van der Waals surface area (Å²) < 4.78 is 5.69. The summed E-state index contributed by atoms with van der Waals surface area (Å²) in [6, 6.07) is 14.4. The number of ether oxygens (including phenoxy) is 1. The molecule has 1 heterocycles. The number of aryl methyl sites for hydroxylation is 2. The molecule has 0 aliphatic carbocycles. The molecule has 0 saturated carbocycles. The Kier molecular flexibility index (Phi) is 6.48. The normalized spacial score (nSPS) is 16.6. The van der Waals surface area contributed by atoms with Crippen LogP contribution in [0.4, 0.5) is 5.69 Å². The van der Waals surface area contributed by atoms with E-state index < -0.39 is 0 Å². The van der Waals surface area contributed by atoms with Crippen LogP contribution in [0.5, 0.6) is 5.75 Å². The predicted molar refractivity (Wildman–Crippen MR) is 111 cm³/mol. The van der Waals surface area contributed by atoms with Gasteiger partial charge in [0.1, 0.15) is 5.75 Å². The van der Waals surface area contributed by atoms with Crippen LogP contribution in [-0.2, 0) is 0 Å². The van der Waals surface area contributed by atoms with Gasteiger partial charge >= 0.3 is 0 Å². The van der Waals surface area contributed by atoms with Crippen molar-refractivity contribution in [1.82, 2.24) is 0 Å². The Morgan fingerprint density at radius 3 is 2.67 bits per heavy atom. The van der Waals surface area contributed by atoms with Crippen molar-refractivity contribution in [3.8, 4) is 5.75 Å². The van der Waals surface area contributed by atoms with Gasteiger partial charge < -0.3 is 15.8 Å². The van der Waals surface area contributed by atoms with Crippen LogP contribution in [0.1, 0.15) is 29.0 Å². The molecule has 1 unspecified atom stereocenters. The SMILES string of the molecule is Cc1cc(C)cc(NC(N)=NCC2CCOc3ccccc32)c1.I. The number of anilines is 1. The van der Waals surface area contributed by atoms with E-state index in [4.69, 9.17) is 10.5 Å². The van der Waals surface area contributed by atoms with Crippen LogP contribution < -0.4 is 15.8 Å². The van der Waals surface area contributed by atoms with Crippen LogP contribution in [0.3, 0.4) is 0 Å². The summed E-state index contributed by atoms with van der Waals surface area (Å²) in [6.45, 7) is 5.56. The number of hydrogen-bond acceptors (Lipinski definition) is 2. The summed E-state index contributed by atoms with van der Waals surface area (Å²) in [5.74, 6) is 1.79. The fraction of sp³-hybridized carbons (Fsp3) is 0.316. The molecule has 0 radical (unpaired) electrons. The second-order valence-electron chi connectivity index (χ2n) is 6.10. The van der Waals surface area contributed by atoms with E-state index in [2.05, 4.69) is 48.4 Å². The van der Waals surface area contributed by atoms with Gasteiger partial charge in [0.25, 0.3) is 0 Å². The smallest absolute Gasteiger partial charge is 0.193 e. The van der Waals surface area contributed by atoms with Crippen molar-refractivity contribution in [3.63, 3.8) is 0 Å². The van der Waals surface area contributed by atoms with Gasteiger partial charge in [0.05, 0.1) is 6.61 Å². The van der Waals surface area contributed by atoms with Gasteiger partial charge in [0.2, 0.25) is 0 Å².